The van der Waals surface area contributed by atoms with Crippen molar-refractivity contribution in [1.29, 1.82) is 0 Å². The molecular formula is C12H12ClFN2O3. The maximum Gasteiger partial charge on any atom is 0.402 e. The van der Waals surface area contributed by atoms with Crippen molar-refractivity contribution in [3.05, 3.63) is 34.1 Å². The molecule has 2 atom stereocenters. The summed E-state index contributed by atoms with van der Waals surface area (Å²) in [6.45, 7) is 1.40. The number of hydrogen-bond acceptors (Lipinski definition) is 3. The smallest absolute Gasteiger partial charge is 0.402 e. The second-order valence-electron chi connectivity index (χ2n) is 4.40. The highest BCUT2D eigenvalue weighted by Gasteiger charge is 2.44. The summed E-state index contributed by atoms with van der Waals surface area (Å²) in [6, 6.07) is 3.31. The number of amides is 1. The molecule has 1 amide bonds. The molecule has 1 fully saturated rings. The fourth-order valence-corrected chi connectivity index (χ4v) is 2.75. The van der Waals surface area contributed by atoms with Crippen LogP contribution >= 0.6 is 11.6 Å². The van der Waals surface area contributed by atoms with Crippen LogP contribution in [0.2, 0.25) is 5.02 Å². The minimum Gasteiger partial charge on any atom is -0.465 e. The number of rotatable bonds is 0. The van der Waals surface area contributed by atoms with Crippen LogP contribution in [-0.4, -0.2) is 30.1 Å². The van der Waals surface area contributed by atoms with Crippen LogP contribution in [0.25, 0.3) is 0 Å². The minimum absolute atomic E-state index is 0.0371. The summed E-state index contributed by atoms with van der Waals surface area (Å²) in [5, 5.41) is 10.4. The second kappa shape index (κ2) is 5.14. The zero-order valence-corrected chi connectivity index (χ0v) is 10.6. The van der Waals surface area contributed by atoms with Crippen molar-refractivity contribution in [1.82, 2.24) is 5.32 Å². The van der Waals surface area contributed by atoms with Gasteiger partial charge in [0.2, 0.25) is 0 Å². The average molecular weight is 287 g/mol. The standard InChI is InChI=1S/C11H9ClFNO.CH3NO2/c12-8-2-1-5-6-3-14-4-7(6)11(15)9(5)10(8)13;2-1(3)4/h1-2,6-7,14H,3-4H2;2H2,(H,3,4). The molecule has 0 spiro atoms. The van der Waals surface area contributed by atoms with Gasteiger partial charge in [-0.3, -0.25) is 4.79 Å². The number of ketones is 1. The number of carboxylic acid groups (broad SMARTS) is 1. The van der Waals surface area contributed by atoms with Gasteiger partial charge >= 0.3 is 6.09 Å². The lowest BCUT2D eigenvalue weighted by atomic mass is 9.96. The van der Waals surface area contributed by atoms with Gasteiger partial charge in [0.15, 0.2) is 11.6 Å². The molecule has 3 rings (SSSR count). The molecule has 1 aromatic carbocycles. The maximum atomic E-state index is 13.7. The summed E-state index contributed by atoms with van der Waals surface area (Å²) in [5.41, 5.74) is 5.07. The number of fused-ring (bicyclic) bond motifs is 3. The predicted octanol–water partition coefficient (Wildman–Crippen LogP) is 1.60. The Morgan fingerprint density at radius 3 is 2.63 bits per heavy atom. The van der Waals surface area contributed by atoms with E-state index in [0.29, 0.717) is 6.54 Å². The predicted molar refractivity (Wildman–Crippen MR) is 67.1 cm³/mol. The molecule has 0 aromatic heterocycles. The number of Topliss-reactive ketones (excluding diaryl/α,β-unsaturated/α-hetero) is 1. The first kappa shape index (κ1) is 13.8. The number of nitrogens with one attached hydrogen (secondary N) is 1. The van der Waals surface area contributed by atoms with Crippen molar-refractivity contribution >= 4 is 23.5 Å². The van der Waals surface area contributed by atoms with Crippen LogP contribution in [-0.2, 0) is 0 Å². The van der Waals surface area contributed by atoms with Gasteiger partial charge < -0.3 is 16.2 Å². The fourth-order valence-electron chi connectivity index (χ4n) is 2.59. The number of carbonyl (C=O) groups is 2. The van der Waals surface area contributed by atoms with Gasteiger partial charge in [-0.1, -0.05) is 17.7 Å². The zero-order chi connectivity index (χ0) is 14.2. The highest BCUT2D eigenvalue weighted by Crippen LogP contribution is 2.42. The molecular weight excluding hydrogens is 275 g/mol. The molecule has 1 saturated heterocycles. The van der Waals surface area contributed by atoms with Crippen molar-refractivity contribution in [2.45, 2.75) is 5.92 Å². The first-order valence-electron chi connectivity index (χ1n) is 5.64. The van der Waals surface area contributed by atoms with Crippen LogP contribution in [0.15, 0.2) is 12.1 Å². The third kappa shape index (κ3) is 2.41. The summed E-state index contributed by atoms with van der Waals surface area (Å²) >= 11 is 5.67. The fraction of sp³-hybridized carbons (Fsp3) is 0.333. The third-order valence-electron chi connectivity index (χ3n) is 3.32. The van der Waals surface area contributed by atoms with Gasteiger partial charge in [0.25, 0.3) is 0 Å². The van der Waals surface area contributed by atoms with Crippen molar-refractivity contribution in [2.75, 3.05) is 13.1 Å². The monoisotopic (exact) mass is 286 g/mol. The quantitative estimate of drug-likeness (QED) is 0.675. The summed E-state index contributed by atoms with van der Waals surface area (Å²) in [4.78, 5) is 20.7. The Balaban J connectivity index is 0.000000297. The van der Waals surface area contributed by atoms with Crippen LogP contribution in [0, 0.1) is 11.7 Å². The largest absolute Gasteiger partial charge is 0.465 e. The van der Waals surface area contributed by atoms with E-state index in [9.17, 15) is 9.18 Å². The Morgan fingerprint density at radius 2 is 2.00 bits per heavy atom. The Hall–Kier alpha value is -1.66. The summed E-state index contributed by atoms with van der Waals surface area (Å²) in [6.07, 6.45) is -1.33. The Kier molecular flexibility index (Phi) is 3.73. The lowest BCUT2D eigenvalue weighted by Crippen LogP contribution is -2.16. The number of carbonyl (C=O) groups excluding carboxylic acids is 1. The molecule has 7 heteroatoms. The number of hydrogen-bond donors (Lipinski definition) is 3. The molecule has 0 saturated carbocycles. The van der Waals surface area contributed by atoms with Crippen LogP contribution in [0.1, 0.15) is 21.8 Å². The van der Waals surface area contributed by atoms with Crippen LogP contribution in [0.3, 0.4) is 0 Å². The van der Waals surface area contributed by atoms with Gasteiger partial charge in [-0.25, -0.2) is 9.18 Å². The maximum absolute atomic E-state index is 13.7. The van der Waals surface area contributed by atoms with E-state index in [1.54, 1.807) is 6.07 Å². The highest BCUT2D eigenvalue weighted by molar-refractivity contribution is 6.31. The Morgan fingerprint density at radius 1 is 1.42 bits per heavy atom. The van der Waals surface area contributed by atoms with E-state index in [1.807, 2.05) is 0 Å². The zero-order valence-electron chi connectivity index (χ0n) is 9.82. The Bertz CT molecular complexity index is 546. The lowest BCUT2D eigenvalue weighted by molar-refractivity contribution is 0.0936. The highest BCUT2D eigenvalue weighted by atomic mass is 35.5. The molecule has 1 heterocycles. The molecule has 1 aromatic rings. The number of nitrogens with two attached hydrogens (primary N) is 1. The van der Waals surface area contributed by atoms with Crippen molar-refractivity contribution in [3.8, 4) is 0 Å². The van der Waals surface area contributed by atoms with Gasteiger partial charge in [-0.2, -0.15) is 0 Å². The first-order chi connectivity index (χ1) is 8.93. The lowest BCUT2D eigenvalue weighted by Gasteiger charge is -2.06. The summed E-state index contributed by atoms with van der Waals surface area (Å²) in [5.74, 6) is -0.596. The first-order valence-corrected chi connectivity index (χ1v) is 6.02. The van der Waals surface area contributed by atoms with E-state index < -0.39 is 11.9 Å². The molecule has 2 unspecified atom stereocenters. The molecule has 19 heavy (non-hydrogen) atoms. The second-order valence-corrected chi connectivity index (χ2v) is 4.81. The SMILES string of the molecule is NC(=O)O.O=C1c2c(ccc(Cl)c2F)C2CNCC12. The van der Waals surface area contributed by atoms with Gasteiger partial charge in [-0.15, -0.1) is 0 Å². The number of halogens is 2. The third-order valence-corrected chi connectivity index (χ3v) is 3.62. The van der Waals surface area contributed by atoms with Crippen molar-refractivity contribution < 1.29 is 19.1 Å². The van der Waals surface area contributed by atoms with E-state index in [-0.39, 0.29) is 28.2 Å². The normalized spacial score (nSPS) is 23.4. The van der Waals surface area contributed by atoms with E-state index in [1.165, 1.54) is 6.07 Å². The molecule has 4 N–H and O–H groups in total. The topological polar surface area (TPSA) is 92.4 Å². The molecule has 5 nitrogen and oxygen atoms in total. The van der Waals surface area contributed by atoms with E-state index in [0.717, 1.165) is 12.1 Å². The molecule has 1 aliphatic carbocycles. The van der Waals surface area contributed by atoms with Gasteiger partial charge in [0.05, 0.1) is 10.6 Å². The van der Waals surface area contributed by atoms with Crippen LogP contribution in [0.5, 0.6) is 0 Å². The minimum atomic E-state index is -1.33. The molecule has 0 bridgehead atoms. The van der Waals surface area contributed by atoms with Gasteiger partial charge in [-0.05, 0) is 11.6 Å². The van der Waals surface area contributed by atoms with Crippen molar-refractivity contribution in [3.63, 3.8) is 0 Å². The Labute approximate surface area is 113 Å². The van der Waals surface area contributed by atoms with E-state index >= 15 is 0 Å². The van der Waals surface area contributed by atoms with Crippen LogP contribution < -0.4 is 11.1 Å². The van der Waals surface area contributed by atoms with Crippen molar-refractivity contribution in [2.24, 2.45) is 11.7 Å². The van der Waals surface area contributed by atoms with Crippen LogP contribution in [0.4, 0.5) is 9.18 Å². The van der Waals surface area contributed by atoms with Gasteiger partial charge in [0, 0.05) is 24.9 Å². The summed E-state index contributed by atoms with van der Waals surface area (Å²) < 4.78 is 13.7. The molecule has 2 aliphatic rings. The average Bonchev–Trinajstić information content (AvgIpc) is 2.87. The number of primary amides is 1. The van der Waals surface area contributed by atoms with Gasteiger partial charge in [0.1, 0.15) is 0 Å². The molecule has 1 aliphatic heterocycles. The molecule has 0 radical (unpaired) electrons. The van der Waals surface area contributed by atoms with E-state index in [4.69, 9.17) is 21.5 Å². The van der Waals surface area contributed by atoms with E-state index in [2.05, 4.69) is 11.1 Å². The summed E-state index contributed by atoms with van der Waals surface area (Å²) in [7, 11) is 0. The number of benzene rings is 1. The molecule has 102 valence electrons.